The minimum Gasteiger partial charge on any atom is -0.496 e. The second-order valence-corrected chi connectivity index (χ2v) is 5.51. The maximum absolute atomic E-state index is 12.6. The topological polar surface area (TPSA) is 48.7 Å². The summed E-state index contributed by atoms with van der Waals surface area (Å²) in [5.74, 6) is 1.72. The molecule has 0 N–H and O–H groups in total. The van der Waals surface area contributed by atoms with Crippen LogP contribution in [0.3, 0.4) is 0 Å². The molecular formula is C20H20O4. The van der Waals surface area contributed by atoms with Crippen LogP contribution in [0.1, 0.15) is 19.8 Å². The Hall–Kier alpha value is -2.75. The van der Waals surface area contributed by atoms with Gasteiger partial charge in [0.2, 0.25) is 0 Å². The van der Waals surface area contributed by atoms with Crippen LogP contribution in [0.2, 0.25) is 0 Å². The average molecular weight is 324 g/mol. The Morgan fingerprint density at radius 1 is 1.04 bits per heavy atom. The molecule has 1 aromatic heterocycles. The van der Waals surface area contributed by atoms with E-state index in [4.69, 9.17) is 13.9 Å². The Balaban J connectivity index is 2.10. The number of hydrogen-bond donors (Lipinski definition) is 0. The Morgan fingerprint density at radius 3 is 2.62 bits per heavy atom. The van der Waals surface area contributed by atoms with Crippen molar-refractivity contribution in [2.75, 3.05) is 13.7 Å². The summed E-state index contributed by atoms with van der Waals surface area (Å²) in [6.45, 7) is 2.68. The van der Waals surface area contributed by atoms with Crippen molar-refractivity contribution < 1.29 is 13.9 Å². The molecule has 4 nitrogen and oxygen atoms in total. The van der Waals surface area contributed by atoms with E-state index in [-0.39, 0.29) is 5.43 Å². The fourth-order valence-corrected chi connectivity index (χ4v) is 2.61. The van der Waals surface area contributed by atoms with Crippen molar-refractivity contribution in [3.8, 4) is 22.8 Å². The summed E-state index contributed by atoms with van der Waals surface area (Å²) in [6.07, 6.45) is 1.98. The molecule has 124 valence electrons. The van der Waals surface area contributed by atoms with Crippen molar-refractivity contribution in [2.24, 2.45) is 0 Å². The van der Waals surface area contributed by atoms with Crippen LogP contribution in [-0.4, -0.2) is 13.7 Å². The standard InChI is InChI=1S/C20H20O4/c1-3-4-12-23-17-10-7-11-18-20(17)15(21)13-19(24-18)14-8-5-6-9-16(14)22-2/h5-11,13H,3-4,12H2,1-2H3. The lowest BCUT2D eigenvalue weighted by atomic mass is 10.1. The average Bonchev–Trinajstić information content (AvgIpc) is 2.61. The molecule has 0 amide bonds. The third-order valence-corrected chi connectivity index (χ3v) is 3.84. The Labute approximate surface area is 140 Å². The van der Waals surface area contributed by atoms with Gasteiger partial charge in [0.1, 0.15) is 28.2 Å². The van der Waals surface area contributed by atoms with Crippen molar-refractivity contribution in [1.82, 2.24) is 0 Å². The number of para-hydroxylation sites is 1. The lowest BCUT2D eigenvalue weighted by Crippen LogP contribution is -2.05. The molecule has 0 aliphatic rings. The maximum Gasteiger partial charge on any atom is 0.197 e. The van der Waals surface area contributed by atoms with Crippen LogP contribution in [-0.2, 0) is 0 Å². The fraction of sp³-hybridized carbons (Fsp3) is 0.250. The molecule has 0 unspecified atom stereocenters. The van der Waals surface area contributed by atoms with Gasteiger partial charge in [0.15, 0.2) is 5.43 Å². The smallest absolute Gasteiger partial charge is 0.197 e. The molecule has 0 fully saturated rings. The Bertz CT molecular complexity index is 896. The highest BCUT2D eigenvalue weighted by molar-refractivity contribution is 5.85. The molecule has 4 heteroatoms. The van der Waals surface area contributed by atoms with Gasteiger partial charge in [-0.2, -0.15) is 0 Å². The second-order valence-electron chi connectivity index (χ2n) is 5.51. The first-order valence-electron chi connectivity index (χ1n) is 8.07. The first-order chi connectivity index (χ1) is 11.7. The highest BCUT2D eigenvalue weighted by Gasteiger charge is 2.13. The lowest BCUT2D eigenvalue weighted by molar-refractivity contribution is 0.312. The van der Waals surface area contributed by atoms with Gasteiger partial charge in [0.05, 0.1) is 19.3 Å². The van der Waals surface area contributed by atoms with Crippen LogP contribution >= 0.6 is 0 Å². The number of rotatable bonds is 6. The summed E-state index contributed by atoms with van der Waals surface area (Å²) >= 11 is 0. The van der Waals surface area contributed by atoms with Crippen LogP contribution in [0.4, 0.5) is 0 Å². The van der Waals surface area contributed by atoms with E-state index < -0.39 is 0 Å². The molecule has 3 rings (SSSR count). The van der Waals surface area contributed by atoms with Gasteiger partial charge < -0.3 is 13.9 Å². The van der Waals surface area contributed by atoms with Crippen molar-refractivity contribution in [3.05, 3.63) is 58.8 Å². The van der Waals surface area contributed by atoms with E-state index in [2.05, 4.69) is 6.92 Å². The maximum atomic E-state index is 12.6. The predicted molar refractivity (Wildman–Crippen MR) is 94.9 cm³/mol. The van der Waals surface area contributed by atoms with Crippen LogP contribution < -0.4 is 14.9 Å². The third kappa shape index (κ3) is 3.13. The summed E-state index contributed by atoms with van der Waals surface area (Å²) in [6, 6.07) is 14.4. The molecule has 3 aromatic rings. The predicted octanol–water partition coefficient (Wildman–Crippen LogP) is 4.65. The van der Waals surface area contributed by atoms with Crippen molar-refractivity contribution >= 4 is 11.0 Å². The molecule has 0 aliphatic heterocycles. The molecule has 1 heterocycles. The largest absolute Gasteiger partial charge is 0.496 e. The summed E-state index contributed by atoms with van der Waals surface area (Å²) < 4.78 is 17.1. The van der Waals surface area contributed by atoms with Crippen molar-refractivity contribution in [2.45, 2.75) is 19.8 Å². The summed E-state index contributed by atoms with van der Waals surface area (Å²) in [4.78, 5) is 12.6. The molecule has 24 heavy (non-hydrogen) atoms. The van der Waals surface area contributed by atoms with Crippen LogP contribution in [0.15, 0.2) is 57.7 Å². The Morgan fingerprint density at radius 2 is 1.83 bits per heavy atom. The highest BCUT2D eigenvalue weighted by Crippen LogP contribution is 2.32. The number of benzene rings is 2. The zero-order valence-corrected chi connectivity index (χ0v) is 13.9. The van der Waals surface area contributed by atoms with E-state index in [1.165, 1.54) is 6.07 Å². The monoisotopic (exact) mass is 324 g/mol. The molecule has 0 bridgehead atoms. The van der Waals surface area contributed by atoms with Crippen molar-refractivity contribution in [1.29, 1.82) is 0 Å². The number of ether oxygens (including phenoxy) is 2. The van der Waals surface area contributed by atoms with Gasteiger partial charge >= 0.3 is 0 Å². The summed E-state index contributed by atoms with van der Waals surface area (Å²) in [7, 11) is 1.59. The van der Waals surface area contributed by atoms with Gasteiger partial charge in [-0.1, -0.05) is 31.5 Å². The zero-order chi connectivity index (χ0) is 16.9. The van der Waals surface area contributed by atoms with Crippen LogP contribution in [0.25, 0.3) is 22.3 Å². The SMILES string of the molecule is CCCCOc1cccc2oc(-c3ccccc3OC)cc(=O)c12. The van der Waals surface area contributed by atoms with E-state index in [0.717, 1.165) is 18.4 Å². The van der Waals surface area contributed by atoms with Gasteiger partial charge in [0.25, 0.3) is 0 Å². The number of unbranched alkanes of at least 4 members (excludes halogenated alkanes) is 1. The minimum absolute atomic E-state index is 0.121. The number of hydrogen-bond acceptors (Lipinski definition) is 4. The molecule has 2 aromatic carbocycles. The summed E-state index contributed by atoms with van der Waals surface area (Å²) in [5.41, 5.74) is 1.14. The third-order valence-electron chi connectivity index (χ3n) is 3.84. The van der Waals surface area contributed by atoms with Crippen LogP contribution in [0.5, 0.6) is 11.5 Å². The zero-order valence-electron chi connectivity index (χ0n) is 13.9. The summed E-state index contributed by atoms with van der Waals surface area (Å²) in [5, 5.41) is 0.479. The molecule has 0 saturated carbocycles. The Kier molecular flexibility index (Phi) is 4.85. The first-order valence-corrected chi connectivity index (χ1v) is 8.07. The van der Waals surface area contributed by atoms with Gasteiger partial charge in [-0.3, -0.25) is 4.79 Å². The van der Waals surface area contributed by atoms with E-state index in [1.54, 1.807) is 19.2 Å². The highest BCUT2D eigenvalue weighted by atomic mass is 16.5. The number of fused-ring (bicyclic) bond motifs is 1. The van der Waals surface area contributed by atoms with Gasteiger partial charge in [-0.15, -0.1) is 0 Å². The fourth-order valence-electron chi connectivity index (χ4n) is 2.61. The lowest BCUT2D eigenvalue weighted by Gasteiger charge is -2.10. The van der Waals surface area contributed by atoms with Gasteiger partial charge in [0, 0.05) is 6.07 Å². The molecule has 0 saturated heterocycles. The van der Waals surface area contributed by atoms with E-state index in [0.29, 0.717) is 34.8 Å². The van der Waals surface area contributed by atoms with Crippen molar-refractivity contribution in [3.63, 3.8) is 0 Å². The molecule has 0 spiro atoms. The van der Waals surface area contributed by atoms with E-state index in [9.17, 15) is 4.79 Å². The van der Waals surface area contributed by atoms with Crippen LogP contribution in [0, 0.1) is 0 Å². The molecule has 0 aliphatic carbocycles. The van der Waals surface area contributed by atoms with Gasteiger partial charge in [-0.05, 0) is 30.7 Å². The molecule has 0 atom stereocenters. The molecular weight excluding hydrogens is 304 g/mol. The van der Waals surface area contributed by atoms with E-state index in [1.807, 2.05) is 30.3 Å². The minimum atomic E-state index is -0.121. The quantitative estimate of drug-likeness (QED) is 0.619. The van der Waals surface area contributed by atoms with E-state index >= 15 is 0 Å². The first kappa shape index (κ1) is 16.1. The van der Waals surface area contributed by atoms with Gasteiger partial charge in [-0.25, -0.2) is 0 Å². The normalized spacial score (nSPS) is 10.8. The molecule has 0 radical (unpaired) electrons. The second kappa shape index (κ2) is 7.21. The number of methoxy groups -OCH3 is 1.